The van der Waals surface area contributed by atoms with Crippen molar-refractivity contribution >= 4 is 37.0 Å². The lowest BCUT2D eigenvalue weighted by atomic mass is 10.1. The number of aromatic nitrogens is 2. The van der Waals surface area contributed by atoms with Crippen LogP contribution in [0, 0.1) is 6.92 Å². The van der Waals surface area contributed by atoms with Crippen molar-refractivity contribution < 1.29 is 23.8 Å². The number of hydrogen-bond donors (Lipinski definition) is 0. The minimum atomic E-state index is -1.12. The second-order valence-electron chi connectivity index (χ2n) is 7.89. The third-order valence-electron chi connectivity index (χ3n) is 4.03. The number of carbonyl (C=O) groups excluding carboxylic acids is 2. The van der Waals surface area contributed by atoms with E-state index in [2.05, 4.69) is 29.5 Å². The Bertz CT molecular complexity index is 896. The number of methoxy groups -OCH3 is 1. The molecule has 0 atom stereocenters. The van der Waals surface area contributed by atoms with Gasteiger partial charge in [0.05, 0.1) is 12.6 Å². The molecule has 2 aromatic rings. The Hall–Kier alpha value is -2.45. The van der Waals surface area contributed by atoms with Gasteiger partial charge in [0, 0.05) is 33.2 Å². The van der Waals surface area contributed by atoms with Crippen molar-refractivity contribution in [3.05, 3.63) is 35.2 Å². The third-order valence-corrected chi connectivity index (χ3v) is 5.73. The number of ether oxygens (including phenoxy) is 3. The molecule has 0 unspecified atom stereocenters. The van der Waals surface area contributed by atoms with Crippen molar-refractivity contribution in [3.63, 3.8) is 0 Å². The van der Waals surface area contributed by atoms with Gasteiger partial charge < -0.3 is 14.2 Å². The Labute approximate surface area is 166 Å². The second kappa shape index (κ2) is 9.16. The number of benzene rings is 1. The maximum absolute atomic E-state index is 11.8. The van der Waals surface area contributed by atoms with Gasteiger partial charge in [-0.25, -0.2) is 9.48 Å². The highest BCUT2D eigenvalue weighted by atomic mass is 28.3. The number of nitrogens with zero attached hydrogens (tertiary/aromatic N) is 2. The zero-order chi connectivity index (χ0) is 20.9. The van der Waals surface area contributed by atoms with Gasteiger partial charge in [0.2, 0.25) is 5.76 Å². The van der Waals surface area contributed by atoms with Crippen LogP contribution in [0.1, 0.15) is 18.1 Å². The first-order valence-electron chi connectivity index (χ1n) is 9.13. The summed E-state index contributed by atoms with van der Waals surface area (Å²) < 4.78 is 17.2. The van der Waals surface area contributed by atoms with Gasteiger partial charge in [-0.3, -0.25) is 4.79 Å². The minimum absolute atomic E-state index is 0.157. The first kappa shape index (κ1) is 21.8. The molecule has 1 aromatic carbocycles. The van der Waals surface area contributed by atoms with E-state index in [-0.39, 0.29) is 5.76 Å². The summed E-state index contributed by atoms with van der Waals surface area (Å²) in [6, 6.07) is 4.85. The van der Waals surface area contributed by atoms with Crippen molar-refractivity contribution in [1.29, 1.82) is 0 Å². The molecule has 152 valence electrons. The summed E-state index contributed by atoms with van der Waals surface area (Å²) >= 11 is 0. The van der Waals surface area contributed by atoms with Gasteiger partial charge in [-0.1, -0.05) is 19.6 Å². The van der Waals surface area contributed by atoms with Gasteiger partial charge in [0.1, 0.15) is 6.73 Å². The molecule has 0 amide bonds. The van der Waals surface area contributed by atoms with E-state index in [9.17, 15) is 9.59 Å². The first-order chi connectivity index (χ1) is 13.1. The van der Waals surface area contributed by atoms with Crippen molar-refractivity contribution in [3.8, 4) is 0 Å². The lowest BCUT2D eigenvalue weighted by molar-refractivity contribution is -0.148. The lowest BCUT2D eigenvalue weighted by Crippen LogP contribution is -2.22. The fraction of sp³-hybridized carbons (Fsp3) is 0.450. The van der Waals surface area contributed by atoms with Crippen LogP contribution in [-0.2, 0) is 30.5 Å². The Morgan fingerprint density at radius 2 is 1.96 bits per heavy atom. The smallest absolute Gasteiger partial charge is 0.374 e. The van der Waals surface area contributed by atoms with Crippen molar-refractivity contribution in [1.82, 2.24) is 9.78 Å². The maximum atomic E-state index is 11.8. The summed E-state index contributed by atoms with van der Waals surface area (Å²) in [4.78, 5) is 23.1. The monoisotopic (exact) mass is 404 g/mol. The summed E-state index contributed by atoms with van der Waals surface area (Å²) in [7, 11) is 0.118. The van der Waals surface area contributed by atoms with E-state index >= 15 is 0 Å². The lowest BCUT2D eigenvalue weighted by Gasteiger charge is -2.15. The summed E-state index contributed by atoms with van der Waals surface area (Å²) in [5, 5.41) is 5.48. The van der Waals surface area contributed by atoms with E-state index in [4.69, 9.17) is 9.47 Å². The Morgan fingerprint density at radius 1 is 1.25 bits per heavy atom. The Kier molecular flexibility index (Phi) is 7.15. The predicted molar refractivity (Wildman–Crippen MR) is 110 cm³/mol. The summed E-state index contributed by atoms with van der Waals surface area (Å²) in [6.45, 7) is 11.2. The number of fused-ring (bicyclic) bond motifs is 1. The molecule has 0 bridgehead atoms. The van der Waals surface area contributed by atoms with Gasteiger partial charge in [-0.2, -0.15) is 5.10 Å². The number of hydrogen-bond acceptors (Lipinski definition) is 6. The number of esters is 2. The molecule has 0 aliphatic heterocycles. The zero-order valence-corrected chi connectivity index (χ0v) is 18.4. The van der Waals surface area contributed by atoms with Gasteiger partial charge in [0.15, 0.2) is 0 Å². The van der Waals surface area contributed by atoms with Crippen LogP contribution in [0.3, 0.4) is 0 Å². The molecule has 7 nitrogen and oxygen atoms in total. The summed E-state index contributed by atoms with van der Waals surface area (Å²) in [6.07, 6.45) is 3.39. The van der Waals surface area contributed by atoms with Crippen LogP contribution < -0.4 is 0 Å². The molecule has 0 radical (unpaired) electrons. The van der Waals surface area contributed by atoms with Crippen LogP contribution in [0.5, 0.6) is 0 Å². The highest BCUT2D eigenvalue weighted by Gasteiger charge is 2.15. The largest absolute Gasteiger partial charge is 0.463 e. The van der Waals surface area contributed by atoms with Crippen LogP contribution in [0.25, 0.3) is 17.0 Å². The second-order valence-corrected chi connectivity index (χ2v) is 13.5. The van der Waals surface area contributed by atoms with Gasteiger partial charge >= 0.3 is 11.9 Å². The van der Waals surface area contributed by atoms with Crippen LogP contribution >= 0.6 is 0 Å². The van der Waals surface area contributed by atoms with Crippen molar-refractivity contribution in [2.24, 2.45) is 0 Å². The predicted octanol–water partition coefficient (Wildman–Crippen LogP) is 3.73. The van der Waals surface area contributed by atoms with Crippen LogP contribution in [0.4, 0.5) is 0 Å². The molecule has 1 heterocycles. The molecule has 0 spiro atoms. The van der Waals surface area contributed by atoms with E-state index in [0.717, 1.165) is 29.1 Å². The Balaban J connectivity index is 2.22. The van der Waals surface area contributed by atoms with Crippen LogP contribution in [0.2, 0.25) is 25.7 Å². The normalized spacial score (nSPS) is 12.3. The molecule has 0 aliphatic carbocycles. The molecule has 0 N–H and O–H groups in total. The van der Waals surface area contributed by atoms with Gasteiger partial charge in [-0.05, 0) is 42.3 Å². The standard InChI is InChI=1S/C20H28N2O5Si/c1-14-9-16(11-18(20(24)25-3)27-15(2)23)10-17-12-22(21-19(14)17)13-26-7-8-28(4,5)6/h9-12H,7-8,13H2,1-6H3/b18-11-. The van der Waals surface area contributed by atoms with Gasteiger partial charge in [-0.15, -0.1) is 0 Å². The molecular formula is C20H28N2O5Si. The highest BCUT2D eigenvalue weighted by molar-refractivity contribution is 6.76. The maximum Gasteiger partial charge on any atom is 0.374 e. The van der Waals surface area contributed by atoms with Crippen molar-refractivity contribution in [2.75, 3.05) is 13.7 Å². The van der Waals surface area contributed by atoms with Crippen LogP contribution in [-0.4, -0.2) is 43.5 Å². The molecule has 2 rings (SSSR count). The third kappa shape index (κ3) is 6.31. The average Bonchev–Trinajstić information content (AvgIpc) is 2.99. The highest BCUT2D eigenvalue weighted by Crippen LogP contribution is 2.22. The molecule has 0 saturated carbocycles. The van der Waals surface area contributed by atoms with Crippen LogP contribution in [0.15, 0.2) is 24.1 Å². The number of carbonyl (C=O) groups is 2. The van der Waals surface area contributed by atoms with E-state index in [1.165, 1.54) is 20.1 Å². The molecular weight excluding hydrogens is 376 g/mol. The molecule has 0 aliphatic rings. The fourth-order valence-corrected chi connectivity index (χ4v) is 3.37. The van der Waals surface area contributed by atoms with E-state index < -0.39 is 20.0 Å². The number of rotatable bonds is 8. The SMILES string of the molecule is COC(=O)/C(=C/c1cc(C)c2nn(COCC[Si](C)(C)C)cc2c1)OC(C)=O. The molecule has 0 fully saturated rings. The first-order valence-corrected chi connectivity index (χ1v) is 12.8. The molecule has 0 saturated heterocycles. The van der Waals surface area contributed by atoms with E-state index in [0.29, 0.717) is 12.3 Å². The fourth-order valence-electron chi connectivity index (χ4n) is 2.61. The van der Waals surface area contributed by atoms with E-state index in [1.807, 2.05) is 25.3 Å². The molecule has 1 aromatic heterocycles. The molecule has 28 heavy (non-hydrogen) atoms. The van der Waals surface area contributed by atoms with Gasteiger partial charge in [0.25, 0.3) is 0 Å². The summed E-state index contributed by atoms with van der Waals surface area (Å²) in [5.74, 6) is -1.45. The number of aryl methyl sites for hydroxylation is 1. The zero-order valence-electron chi connectivity index (χ0n) is 17.4. The van der Waals surface area contributed by atoms with Crippen molar-refractivity contribution in [2.45, 2.75) is 46.3 Å². The topological polar surface area (TPSA) is 79.7 Å². The van der Waals surface area contributed by atoms with E-state index in [1.54, 1.807) is 4.68 Å². The minimum Gasteiger partial charge on any atom is -0.463 e. The summed E-state index contributed by atoms with van der Waals surface area (Å²) in [5.41, 5.74) is 2.51. The molecule has 8 heteroatoms. The quantitative estimate of drug-likeness (QED) is 0.219. The Morgan fingerprint density at radius 3 is 2.57 bits per heavy atom. The average molecular weight is 405 g/mol.